The number of nitrogens with one attached hydrogen (secondary N) is 2. The first kappa shape index (κ1) is 17.7. The second-order valence-corrected chi connectivity index (χ2v) is 8.69. The highest BCUT2D eigenvalue weighted by Crippen LogP contribution is 2.41. The maximum Gasteiger partial charge on any atom is 0.0512 e. The van der Waals surface area contributed by atoms with Crippen LogP contribution in [0.15, 0.2) is 40.0 Å². The van der Waals surface area contributed by atoms with Gasteiger partial charge in [0.2, 0.25) is 0 Å². The number of fused-ring (bicyclic) bond motifs is 2. The number of rotatable bonds is 0. The number of allylic oxidation sites excluding steroid dienone is 2. The van der Waals surface area contributed by atoms with E-state index in [9.17, 15) is 0 Å². The molecule has 132 valence electrons. The van der Waals surface area contributed by atoms with Gasteiger partial charge in [-0.2, -0.15) is 0 Å². The first-order valence-electron chi connectivity index (χ1n) is 8.84. The minimum absolute atomic E-state index is 0.346. The van der Waals surface area contributed by atoms with E-state index < -0.39 is 0 Å². The van der Waals surface area contributed by atoms with Gasteiger partial charge in [-0.25, -0.2) is 0 Å². The highest BCUT2D eigenvalue weighted by atomic mass is 79.9. The van der Waals surface area contributed by atoms with Crippen LogP contribution in [0.25, 0.3) is 5.57 Å². The van der Waals surface area contributed by atoms with Crippen molar-refractivity contribution in [2.75, 3.05) is 13.1 Å². The molecular formula is C20H21BrCl2N2. The van der Waals surface area contributed by atoms with Crippen molar-refractivity contribution in [2.24, 2.45) is 0 Å². The summed E-state index contributed by atoms with van der Waals surface area (Å²) >= 11 is 16.6. The van der Waals surface area contributed by atoms with Crippen LogP contribution in [0.4, 0.5) is 0 Å². The molecule has 3 aliphatic rings. The van der Waals surface area contributed by atoms with E-state index >= 15 is 0 Å². The summed E-state index contributed by atoms with van der Waals surface area (Å²) in [6, 6.07) is 4.35. The molecule has 1 saturated heterocycles. The van der Waals surface area contributed by atoms with Gasteiger partial charge in [-0.1, -0.05) is 28.8 Å². The van der Waals surface area contributed by atoms with E-state index in [0.717, 1.165) is 59.7 Å². The average molecular weight is 440 g/mol. The SMILES string of the molecule is Clc1cc(Cl)c2c(c1)CCC1=CC(Br)=CNC1CC2=C1CCNCC1. The van der Waals surface area contributed by atoms with Gasteiger partial charge < -0.3 is 10.6 Å². The molecule has 5 heteroatoms. The zero-order valence-corrected chi connectivity index (χ0v) is 17.1. The van der Waals surface area contributed by atoms with Crippen LogP contribution in [-0.4, -0.2) is 19.1 Å². The molecule has 1 aliphatic carbocycles. The molecule has 1 unspecified atom stereocenters. The van der Waals surface area contributed by atoms with Crippen molar-refractivity contribution in [3.63, 3.8) is 0 Å². The molecule has 25 heavy (non-hydrogen) atoms. The minimum atomic E-state index is 0.346. The van der Waals surface area contributed by atoms with Crippen molar-refractivity contribution < 1.29 is 0 Å². The van der Waals surface area contributed by atoms with Crippen LogP contribution >= 0.6 is 39.1 Å². The van der Waals surface area contributed by atoms with E-state index in [1.807, 2.05) is 6.07 Å². The second-order valence-electron chi connectivity index (χ2n) is 6.93. The Labute approximate surface area is 167 Å². The van der Waals surface area contributed by atoms with E-state index in [2.05, 4.69) is 44.9 Å². The van der Waals surface area contributed by atoms with E-state index in [1.165, 1.54) is 22.3 Å². The monoisotopic (exact) mass is 438 g/mol. The molecule has 1 atom stereocenters. The lowest BCUT2D eigenvalue weighted by Crippen LogP contribution is -2.32. The number of hydrogen-bond acceptors (Lipinski definition) is 2. The molecule has 2 aliphatic heterocycles. The lowest BCUT2D eigenvalue weighted by molar-refractivity contribution is 0.597. The molecule has 0 aromatic heterocycles. The first-order chi connectivity index (χ1) is 12.1. The molecule has 0 radical (unpaired) electrons. The normalized spacial score (nSPS) is 23.6. The maximum atomic E-state index is 6.70. The third-order valence-electron chi connectivity index (χ3n) is 5.36. The van der Waals surface area contributed by atoms with E-state index in [1.54, 1.807) is 5.57 Å². The van der Waals surface area contributed by atoms with E-state index in [0.29, 0.717) is 6.04 Å². The first-order valence-corrected chi connectivity index (χ1v) is 10.4. The summed E-state index contributed by atoms with van der Waals surface area (Å²) < 4.78 is 1.11. The van der Waals surface area contributed by atoms with Gasteiger partial charge in [0.25, 0.3) is 0 Å². The number of hydrogen-bond donors (Lipinski definition) is 2. The van der Waals surface area contributed by atoms with Crippen molar-refractivity contribution in [2.45, 2.75) is 38.1 Å². The fourth-order valence-electron chi connectivity index (χ4n) is 4.14. The van der Waals surface area contributed by atoms with Gasteiger partial charge in [-0.15, -0.1) is 0 Å². The quantitative estimate of drug-likeness (QED) is 0.549. The van der Waals surface area contributed by atoms with Gasteiger partial charge in [0, 0.05) is 20.7 Å². The van der Waals surface area contributed by atoms with E-state index in [4.69, 9.17) is 23.2 Å². The Morgan fingerprint density at radius 3 is 2.64 bits per heavy atom. The molecule has 2 heterocycles. The lowest BCUT2D eigenvalue weighted by atomic mass is 9.80. The zero-order valence-electron chi connectivity index (χ0n) is 14.0. The fourth-order valence-corrected chi connectivity index (χ4v) is 5.22. The molecule has 0 bridgehead atoms. The summed E-state index contributed by atoms with van der Waals surface area (Å²) in [5.41, 5.74) is 6.93. The van der Waals surface area contributed by atoms with E-state index in [-0.39, 0.29) is 0 Å². The summed E-state index contributed by atoms with van der Waals surface area (Å²) in [6.45, 7) is 2.09. The summed E-state index contributed by atoms with van der Waals surface area (Å²) in [5.74, 6) is 0. The highest BCUT2D eigenvalue weighted by molar-refractivity contribution is 9.11. The Morgan fingerprint density at radius 1 is 1.04 bits per heavy atom. The van der Waals surface area contributed by atoms with Crippen LogP contribution in [0.5, 0.6) is 0 Å². The van der Waals surface area contributed by atoms with Crippen LogP contribution in [0.1, 0.15) is 36.8 Å². The third-order valence-corrected chi connectivity index (χ3v) is 6.33. The van der Waals surface area contributed by atoms with Crippen LogP contribution in [0.3, 0.4) is 0 Å². The standard InChI is InChI=1S/C20H21BrCl2N2/c21-15-7-13-1-2-14-8-16(22)9-18(23)20(14)17(10-19(13)25-11-15)12-3-5-24-6-4-12/h7-9,11,19,24-25H,1-6,10H2. The minimum Gasteiger partial charge on any atom is -0.383 e. The molecule has 0 spiro atoms. The van der Waals surface area contributed by atoms with Gasteiger partial charge in [0.15, 0.2) is 0 Å². The fraction of sp³-hybridized carbons (Fsp3) is 0.400. The summed E-state index contributed by atoms with van der Waals surface area (Å²) in [4.78, 5) is 0. The van der Waals surface area contributed by atoms with Gasteiger partial charge in [0.05, 0.1) is 6.04 Å². The number of halogens is 3. The van der Waals surface area contributed by atoms with Crippen molar-refractivity contribution in [1.82, 2.24) is 10.6 Å². The van der Waals surface area contributed by atoms with Crippen LogP contribution in [0, 0.1) is 0 Å². The Balaban J connectivity index is 1.85. The number of piperidine rings is 1. The van der Waals surface area contributed by atoms with Crippen molar-refractivity contribution in [3.8, 4) is 0 Å². The third kappa shape index (κ3) is 3.71. The number of benzene rings is 1. The summed E-state index contributed by atoms with van der Waals surface area (Å²) in [5, 5.41) is 8.56. The van der Waals surface area contributed by atoms with Crippen LogP contribution in [0.2, 0.25) is 10.0 Å². The van der Waals surface area contributed by atoms with Crippen LogP contribution < -0.4 is 10.6 Å². The van der Waals surface area contributed by atoms with Crippen molar-refractivity contribution >= 4 is 44.7 Å². The molecule has 1 aromatic carbocycles. The molecule has 1 fully saturated rings. The van der Waals surface area contributed by atoms with Gasteiger partial charge in [-0.3, -0.25) is 0 Å². The van der Waals surface area contributed by atoms with Gasteiger partial charge in [0.1, 0.15) is 0 Å². The molecule has 4 rings (SSSR count). The maximum absolute atomic E-state index is 6.70. The predicted molar refractivity (Wildman–Crippen MR) is 110 cm³/mol. The molecular weight excluding hydrogens is 419 g/mol. The molecule has 1 aromatic rings. The number of dihydropyridines is 1. The van der Waals surface area contributed by atoms with Gasteiger partial charge >= 0.3 is 0 Å². The van der Waals surface area contributed by atoms with Crippen molar-refractivity contribution in [1.29, 1.82) is 0 Å². The Kier molecular flexibility index (Phi) is 5.28. The predicted octanol–water partition coefficient (Wildman–Crippen LogP) is 5.60. The lowest BCUT2D eigenvalue weighted by Gasteiger charge is -2.32. The molecule has 0 amide bonds. The topological polar surface area (TPSA) is 24.1 Å². The second kappa shape index (κ2) is 7.48. The smallest absolute Gasteiger partial charge is 0.0512 e. The largest absolute Gasteiger partial charge is 0.383 e. The van der Waals surface area contributed by atoms with Gasteiger partial charge in [-0.05, 0) is 102 Å². The Morgan fingerprint density at radius 2 is 1.84 bits per heavy atom. The van der Waals surface area contributed by atoms with Crippen molar-refractivity contribution in [3.05, 3.63) is 61.2 Å². The highest BCUT2D eigenvalue weighted by Gasteiger charge is 2.27. The average Bonchev–Trinajstić information content (AvgIpc) is 2.58. The summed E-state index contributed by atoms with van der Waals surface area (Å²) in [6.07, 6.45) is 9.49. The summed E-state index contributed by atoms with van der Waals surface area (Å²) in [7, 11) is 0. The number of aryl methyl sites for hydroxylation is 1. The van der Waals surface area contributed by atoms with Crippen LogP contribution in [-0.2, 0) is 6.42 Å². The molecule has 2 N–H and O–H groups in total. The molecule has 0 saturated carbocycles. The Hall–Kier alpha value is -0.740. The Bertz CT molecular complexity index is 787. The zero-order chi connectivity index (χ0) is 17.4. The molecule has 2 nitrogen and oxygen atoms in total.